The van der Waals surface area contributed by atoms with E-state index < -0.39 is 0 Å². The van der Waals surface area contributed by atoms with Crippen LogP contribution in [0.4, 0.5) is 0 Å². The molecular formula is C15H15BrO3. The van der Waals surface area contributed by atoms with E-state index in [0.29, 0.717) is 0 Å². The second-order valence-corrected chi connectivity index (χ2v) is 4.91. The summed E-state index contributed by atoms with van der Waals surface area (Å²) in [4.78, 5) is 0. The molecule has 1 N–H and O–H groups in total. The van der Waals surface area contributed by atoms with Gasteiger partial charge in [-0.15, -0.1) is 0 Å². The second-order valence-electron chi connectivity index (χ2n) is 4.05. The van der Waals surface area contributed by atoms with E-state index in [2.05, 4.69) is 15.9 Å². The standard InChI is InChI=1S/C15H15BrO3/c1-18-10-19-15-8-13(5-6-14(15)16)12-4-2-3-11(7-12)9-17/h2-8,17H,9-10H2,1H3. The van der Waals surface area contributed by atoms with Crippen molar-refractivity contribution in [2.75, 3.05) is 13.9 Å². The maximum absolute atomic E-state index is 9.18. The number of methoxy groups -OCH3 is 1. The molecule has 0 aliphatic heterocycles. The second kappa shape index (κ2) is 6.70. The van der Waals surface area contributed by atoms with E-state index in [1.165, 1.54) is 0 Å². The molecule has 0 aliphatic rings. The van der Waals surface area contributed by atoms with Gasteiger partial charge in [-0.05, 0) is 50.8 Å². The summed E-state index contributed by atoms with van der Waals surface area (Å²) in [7, 11) is 1.59. The van der Waals surface area contributed by atoms with Crippen molar-refractivity contribution in [1.29, 1.82) is 0 Å². The number of hydrogen-bond donors (Lipinski definition) is 1. The lowest BCUT2D eigenvalue weighted by atomic mass is 10.0. The highest BCUT2D eigenvalue weighted by molar-refractivity contribution is 9.10. The zero-order valence-electron chi connectivity index (χ0n) is 10.6. The lowest BCUT2D eigenvalue weighted by molar-refractivity contribution is 0.0506. The van der Waals surface area contributed by atoms with E-state index in [9.17, 15) is 5.11 Å². The number of rotatable bonds is 5. The molecule has 0 aromatic heterocycles. The van der Waals surface area contributed by atoms with Gasteiger partial charge in [0.05, 0.1) is 11.1 Å². The summed E-state index contributed by atoms with van der Waals surface area (Å²) >= 11 is 3.44. The third-order valence-corrected chi connectivity index (χ3v) is 3.36. The Hall–Kier alpha value is -1.36. The number of halogens is 1. The van der Waals surface area contributed by atoms with Crippen molar-refractivity contribution in [1.82, 2.24) is 0 Å². The SMILES string of the molecule is COCOc1cc(-c2cccc(CO)c2)ccc1Br. The fraction of sp³-hybridized carbons (Fsp3) is 0.200. The zero-order valence-corrected chi connectivity index (χ0v) is 12.2. The van der Waals surface area contributed by atoms with E-state index in [4.69, 9.17) is 9.47 Å². The highest BCUT2D eigenvalue weighted by atomic mass is 79.9. The van der Waals surface area contributed by atoms with Crippen LogP contribution in [0.1, 0.15) is 5.56 Å². The van der Waals surface area contributed by atoms with Crippen LogP contribution in [0, 0.1) is 0 Å². The highest BCUT2D eigenvalue weighted by Gasteiger charge is 2.05. The van der Waals surface area contributed by atoms with Gasteiger partial charge in [0, 0.05) is 7.11 Å². The molecule has 19 heavy (non-hydrogen) atoms. The molecule has 100 valence electrons. The van der Waals surface area contributed by atoms with Gasteiger partial charge < -0.3 is 14.6 Å². The Morgan fingerprint density at radius 1 is 1.11 bits per heavy atom. The minimum atomic E-state index is 0.0391. The number of hydrogen-bond acceptors (Lipinski definition) is 3. The Morgan fingerprint density at radius 3 is 2.63 bits per heavy atom. The summed E-state index contributed by atoms with van der Waals surface area (Å²) in [6, 6.07) is 13.7. The molecule has 0 fully saturated rings. The molecule has 0 saturated heterocycles. The lowest BCUT2D eigenvalue weighted by Gasteiger charge is -2.10. The first-order chi connectivity index (χ1) is 9.24. The molecule has 0 radical (unpaired) electrons. The fourth-order valence-electron chi connectivity index (χ4n) is 1.77. The monoisotopic (exact) mass is 322 g/mol. The predicted octanol–water partition coefficient (Wildman–Crippen LogP) is 3.59. The van der Waals surface area contributed by atoms with Crippen molar-refractivity contribution < 1.29 is 14.6 Å². The summed E-state index contributed by atoms with van der Waals surface area (Å²) in [5.41, 5.74) is 2.96. The van der Waals surface area contributed by atoms with Crippen molar-refractivity contribution >= 4 is 15.9 Å². The summed E-state index contributed by atoms with van der Waals surface area (Å²) in [6.07, 6.45) is 0. The van der Waals surface area contributed by atoms with Crippen molar-refractivity contribution in [3.8, 4) is 16.9 Å². The van der Waals surface area contributed by atoms with Crippen molar-refractivity contribution in [2.45, 2.75) is 6.61 Å². The molecule has 0 amide bonds. The fourth-order valence-corrected chi connectivity index (χ4v) is 2.13. The van der Waals surface area contributed by atoms with Gasteiger partial charge in [-0.25, -0.2) is 0 Å². The van der Waals surface area contributed by atoms with Crippen LogP contribution in [-0.2, 0) is 11.3 Å². The average molecular weight is 323 g/mol. The van der Waals surface area contributed by atoms with Gasteiger partial charge >= 0.3 is 0 Å². The summed E-state index contributed by atoms with van der Waals surface area (Å²) in [5, 5.41) is 9.18. The molecular weight excluding hydrogens is 308 g/mol. The summed E-state index contributed by atoms with van der Waals surface area (Å²) < 4.78 is 11.3. The molecule has 2 aromatic carbocycles. The van der Waals surface area contributed by atoms with Gasteiger partial charge in [0.15, 0.2) is 6.79 Å². The molecule has 2 aromatic rings. The maximum Gasteiger partial charge on any atom is 0.188 e. The first-order valence-corrected chi connectivity index (χ1v) is 6.65. The van der Waals surface area contributed by atoms with Crippen LogP contribution >= 0.6 is 15.9 Å². The number of aliphatic hydroxyl groups excluding tert-OH is 1. The molecule has 0 saturated carbocycles. The van der Waals surface area contributed by atoms with E-state index in [0.717, 1.165) is 26.9 Å². The Kier molecular flexibility index (Phi) is 4.96. The molecule has 0 atom stereocenters. The van der Waals surface area contributed by atoms with E-state index in [1.807, 2.05) is 42.5 Å². The third-order valence-electron chi connectivity index (χ3n) is 2.71. The highest BCUT2D eigenvalue weighted by Crippen LogP contribution is 2.31. The predicted molar refractivity (Wildman–Crippen MR) is 78.0 cm³/mol. The van der Waals surface area contributed by atoms with Gasteiger partial charge in [0.25, 0.3) is 0 Å². The normalized spacial score (nSPS) is 10.5. The smallest absolute Gasteiger partial charge is 0.188 e. The molecule has 0 spiro atoms. The molecule has 2 rings (SSSR count). The molecule has 0 unspecified atom stereocenters. The zero-order chi connectivity index (χ0) is 13.7. The van der Waals surface area contributed by atoms with Crippen LogP contribution in [0.3, 0.4) is 0 Å². The lowest BCUT2D eigenvalue weighted by Crippen LogP contribution is -1.99. The van der Waals surface area contributed by atoms with Crippen molar-refractivity contribution in [3.63, 3.8) is 0 Å². The van der Waals surface area contributed by atoms with Gasteiger partial charge in [-0.1, -0.05) is 24.3 Å². The topological polar surface area (TPSA) is 38.7 Å². The van der Waals surface area contributed by atoms with Gasteiger partial charge in [-0.2, -0.15) is 0 Å². The summed E-state index contributed by atoms with van der Waals surface area (Å²) in [6.45, 7) is 0.246. The Balaban J connectivity index is 2.33. The van der Waals surface area contributed by atoms with Gasteiger partial charge in [-0.3, -0.25) is 0 Å². The third kappa shape index (κ3) is 3.56. The van der Waals surface area contributed by atoms with Crippen molar-refractivity contribution in [3.05, 3.63) is 52.5 Å². The molecule has 0 aliphatic carbocycles. The largest absolute Gasteiger partial charge is 0.466 e. The Labute approximate surface area is 120 Å². The van der Waals surface area contributed by atoms with E-state index in [-0.39, 0.29) is 13.4 Å². The van der Waals surface area contributed by atoms with E-state index in [1.54, 1.807) is 7.11 Å². The Bertz CT molecular complexity index is 555. The summed E-state index contributed by atoms with van der Waals surface area (Å²) in [5.74, 6) is 0.730. The van der Waals surface area contributed by atoms with Crippen LogP contribution < -0.4 is 4.74 Å². The number of ether oxygens (including phenoxy) is 2. The molecule has 4 heteroatoms. The maximum atomic E-state index is 9.18. The van der Waals surface area contributed by atoms with Gasteiger partial charge in [0.1, 0.15) is 5.75 Å². The average Bonchev–Trinajstić information content (AvgIpc) is 2.46. The first-order valence-electron chi connectivity index (χ1n) is 5.86. The quantitative estimate of drug-likeness (QED) is 0.855. The molecule has 0 bridgehead atoms. The minimum Gasteiger partial charge on any atom is -0.466 e. The van der Waals surface area contributed by atoms with Crippen LogP contribution in [0.25, 0.3) is 11.1 Å². The molecule has 0 heterocycles. The van der Waals surface area contributed by atoms with Crippen LogP contribution in [0.5, 0.6) is 5.75 Å². The van der Waals surface area contributed by atoms with Crippen LogP contribution in [-0.4, -0.2) is 19.0 Å². The van der Waals surface area contributed by atoms with Gasteiger partial charge in [0.2, 0.25) is 0 Å². The van der Waals surface area contributed by atoms with E-state index >= 15 is 0 Å². The minimum absolute atomic E-state index is 0.0391. The number of aliphatic hydroxyl groups is 1. The first kappa shape index (κ1) is 14.1. The van der Waals surface area contributed by atoms with Crippen LogP contribution in [0.2, 0.25) is 0 Å². The Morgan fingerprint density at radius 2 is 1.89 bits per heavy atom. The van der Waals surface area contributed by atoms with Crippen molar-refractivity contribution in [2.24, 2.45) is 0 Å². The van der Waals surface area contributed by atoms with Crippen LogP contribution in [0.15, 0.2) is 46.9 Å². The number of benzene rings is 2. The molecule has 3 nitrogen and oxygen atoms in total.